The van der Waals surface area contributed by atoms with E-state index in [9.17, 15) is 9.59 Å². The van der Waals surface area contributed by atoms with Gasteiger partial charge in [-0.2, -0.15) is 5.10 Å². The number of Topliss-reactive ketones (excluding diaryl/α,β-unsaturated/α-hetero) is 1. The van der Waals surface area contributed by atoms with E-state index in [1.165, 1.54) is 0 Å². The first-order chi connectivity index (χ1) is 13.3. The van der Waals surface area contributed by atoms with Gasteiger partial charge in [-0.25, -0.2) is 4.68 Å². The predicted octanol–water partition coefficient (Wildman–Crippen LogP) is 4.96. The van der Waals surface area contributed by atoms with Gasteiger partial charge in [-0.05, 0) is 48.8 Å². The van der Waals surface area contributed by atoms with Crippen LogP contribution in [0.4, 0.5) is 0 Å². The fourth-order valence-corrected chi connectivity index (χ4v) is 5.16. The molecule has 2 aliphatic rings. The maximum Gasteiger partial charge on any atom is 0.189 e. The second kappa shape index (κ2) is 6.54. The Hall–Kier alpha value is -2.49. The number of fused-ring (bicyclic) bond motifs is 2. The standard InChI is InChI=1S/C24H28N2O2/c1-5-9-20-18(15-25-26(20)16-10-7-6-8-11-16)21(27)14-17-19-12-13-24(4,22(17)28)23(19,2)3/h6-8,10-11,14-15,19H,5,9,12-13H2,1-4H3/b17-14+/t19-,24+/m0/s1. The van der Waals surface area contributed by atoms with Gasteiger partial charge in [0, 0.05) is 11.0 Å². The van der Waals surface area contributed by atoms with Crippen molar-refractivity contribution >= 4 is 11.6 Å². The summed E-state index contributed by atoms with van der Waals surface area (Å²) in [5.74, 6) is 0.239. The maximum absolute atomic E-state index is 13.2. The van der Waals surface area contributed by atoms with Gasteiger partial charge in [-0.1, -0.05) is 52.3 Å². The van der Waals surface area contributed by atoms with E-state index in [0.717, 1.165) is 42.6 Å². The van der Waals surface area contributed by atoms with E-state index in [4.69, 9.17) is 0 Å². The van der Waals surface area contributed by atoms with Crippen molar-refractivity contribution in [2.45, 2.75) is 53.4 Å². The summed E-state index contributed by atoms with van der Waals surface area (Å²) in [6.45, 7) is 8.50. The van der Waals surface area contributed by atoms with Crippen molar-refractivity contribution in [1.29, 1.82) is 0 Å². The van der Waals surface area contributed by atoms with Crippen LogP contribution >= 0.6 is 0 Å². The van der Waals surface area contributed by atoms with Crippen LogP contribution in [0.2, 0.25) is 0 Å². The van der Waals surface area contributed by atoms with Crippen LogP contribution in [0.1, 0.15) is 63.0 Å². The predicted molar refractivity (Wildman–Crippen MR) is 110 cm³/mol. The van der Waals surface area contributed by atoms with Crippen LogP contribution in [0.15, 0.2) is 48.2 Å². The van der Waals surface area contributed by atoms with Gasteiger partial charge in [0.05, 0.1) is 23.1 Å². The highest BCUT2D eigenvalue weighted by molar-refractivity contribution is 6.13. The molecule has 4 heteroatoms. The molecule has 1 aromatic carbocycles. The Bertz CT molecular complexity index is 968. The maximum atomic E-state index is 13.2. The smallest absolute Gasteiger partial charge is 0.189 e. The molecule has 0 aliphatic heterocycles. The van der Waals surface area contributed by atoms with Gasteiger partial charge in [0.15, 0.2) is 11.6 Å². The van der Waals surface area contributed by atoms with E-state index in [0.29, 0.717) is 5.56 Å². The van der Waals surface area contributed by atoms with Crippen LogP contribution in [-0.4, -0.2) is 21.3 Å². The largest absolute Gasteiger partial charge is 0.294 e. The second-order valence-electron chi connectivity index (χ2n) is 8.94. The first kappa shape index (κ1) is 18.9. The lowest BCUT2D eigenvalue weighted by Gasteiger charge is -2.31. The number of allylic oxidation sites excluding steroid dienone is 2. The zero-order chi connectivity index (χ0) is 20.1. The quantitative estimate of drug-likeness (QED) is 0.547. The molecule has 2 aliphatic carbocycles. The van der Waals surface area contributed by atoms with Crippen molar-refractivity contribution in [3.63, 3.8) is 0 Å². The highest BCUT2D eigenvalue weighted by Crippen LogP contribution is 2.65. The van der Waals surface area contributed by atoms with Crippen molar-refractivity contribution in [2.24, 2.45) is 16.7 Å². The summed E-state index contributed by atoms with van der Waals surface area (Å²) in [6.07, 6.45) is 6.86. The summed E-state index contributed by atoms with van der Waals surface area (Å²) in [4.78, 5) is 26.3. The monoisotopic (exact) mass is 376 g/mol. The van der Waals surface area contributed by atoms with Crippen LogP contribution < -0.4 is 0 Å². The summed E-state index contributed by atoms with van der Waals surface area (Å²) in [7, 11) is 0. The van der Waals surface area contributed by atoms with Gasteiger partial charge in [-0.15, -0.1) is 0 Å². The van der Waals surface area contributed by atoms with E-state index < -0.39 is 0 Å². The molecule has 2 fully saturated rings. The summed E-state index contributed by atoms with van der Waals surface area (Å²) >= 11 is 0. The number of carbonyl (C=O) groups excluding carboxylic acids is 2. The van der Waals surface area contributed by atoms with E-state index >= 15 is 0 Å². The molecule has 28 heavy (non-hydrogen) atoms. The third kappa shape index (κ3) is 2.54. The van der Waals surface area contributed by atoms with Gasteiger partial charge in [-0.3, -0.25) is 9.59 Å². The second-order valence-corrected chi connectivity index (χ2v) is 8.94. The molecule has 2 atom stereocenters. The van der Waals surface area contributed by atoms with Gasteiger partial charge in [0.1, 0.15) is 0 Å². The van der Waals surface area contributed by atoms with Crippen LogP contribution in [0, 0.1) is 16.7 Å². The van der Waals surface area contributed by atoms with Crippen LogP contribution in [-0.2, 0) is 11.2 Å². The van der Waals surface area contributed by atoms with E-state index in [2.05, 4.69) is 32.8 Å². The SMILES string of the molecule is CCCc1c(C(=O)/C=C2/C(=O)[C@@]3(C)CC[C@@H]2C3(C)C)cnn1-c1ccccc1. The lowest BCUT2D eigenvalue weighted by Crippen LogP contribution is -2.32. The normalized spacial score (nSPS) is 26.9. The number of rotatable bonds is 5. The van der Waals surface area contributed by atoms with Crippen LogP contribution in [0.5, 0.6) is 0 Å². The Kier molecular flexibility index (Phi) is 4.40. The molecule has 0 radical (unpaired) electrons. The fourth-order valence-electron chi connectivity index (χ4n) is 5.16. The first-order valence-corrected chi connectivity index (χ1v) is 10.2. The molecule has 2 aromatic rings. The minimum atomic E-state index is -0.343. The Morgan fingerprint density at radius 2 is 1.96 bits per heavy atom. The number of nitrogens with zero attached hydrogens (tertiary/aromatic N) is 2. The number of hydrogen-bond donors (Lipinski definition) is 0. The Labute approximate surface area is 166 Å². The van der Waals surface area contributed by atoms with Crippen molar-refractivity contribution in [2.75, 3.05) is 0 Å². The number of aromatic nitrogens is 2. The Morgan fingerprint density at radius 1 is 1.25 bits per heavy atom. The highest BCUT2D eigenvalue weighted by atomic mass is 16.1. The zero-order valence-corrected chi connectivity index (χ0v) is 17.2. The minimum Gasteiger partial charge on any atom is -0.294 e. The molecule has 0 N–H and O–H groups in total. The van der Waals surface area contributed by atoms with E-state index in [1.807, 2.05) is 35.0 Å². The van der Waals surface area contributed by atoms with Crippen molar-refractivity contribution in [3.05, 3.63) is 59.4 Å². The highest BCUT2D eigenvalue weighted by Gasteiger charge is 2.64. The van der Waals surface area contributed by atoms with Gasteiger partial charge in [0.25, 0.3) is 0 Å². The average molecular weight is 376 g/mol. The zero-order valence-electron chi connectivity index (χ0n) is 17.2. The molecule has 2 saturated carbocycles. The lowest BCUT2D eigenvalue weighted by molar-refractivity contribution is -0.125. The number of benzene rings is 1. The molecule has 0 amide bonds. The fraction of sp³-hybridized carbons (Fsp3) is 0.458. The number of carbonyl (C=O) groups is 2. The molecule has 146 valence electrons. The molecule has 1 heterocycles. The Morgan fingerprint density at radius 3 is 2.57 bits per heavy atom. The van der Waals surface area contributed by atoms with Crippen molar-refractivity contribution < 1.29 is 9.59 Å². The molecular formula is C24H28N2O2. The lowest BCUT2D eigenvalue weighted by atomic mass is 9.70. The first-order valence-electron chi connectivity index (χ1n) is 10.2. The van der Waals surface area contributed by atoms with Gasteiger partial charge < -0.3 is 0 Å². The summed E-state index contributed by atoms with van der Waals surface area (Å²) in [5, 5.41) is 4.49. The average Bonchev–Trinajstić information content (AvgIpc) is 3.23. The van der Waals surface area contributed by atoms with Crippen molar-refractivity contribution in [3.8, 4) is 5.69 Å². The minimum absolute atomic E-state index is 0.0866. The van der Waals surface area contributed by atoms with Crippen molar-refractivity contribution in [1.82, 2.24) is 9.78 Å². The molecular weight excluding hydrogens is 348 g/mol. The topological polar surface area (TPSA) is 52.0 Å². The molecule has 0 spiro atoms. The summed E-state index contributed by atoms with van der Waals surface area (Å²) in [5.41, 5.74) is 2.76. The molecule has 4 nitrogen and oxygen atoms in total. The van der Waals surface area contributed by atoms with Crippen LogP contribution in [0.3, 0.4) is 0 Å². The molecule has 4 rings (SSSR count). The summed E-state index contributed by atoms with van der Waals surface area (Å²) in [6, 6.07) is 9.87. The van der Waals surface area contributed by atoms with Crippen LogP contribution in [0.25, 0.3) is 5.69 Å². The third-order valence-corrected chi connectivity index (χ3v) is 7.27. The number of para-hydroxylation sites is 1. The number of hydrogen-bond acceptors (Lipinski definition) is 3. The molecule has 0 saturated heterocycles. The molecule has 0 unspecified atom stereocenters. The van der Waals surface area contributed by atoms with Gasteiger partial charge >= 0.3 is 0 Å². The molecule has 2 bridgehead atoms. The number of ketones is 2. The van der Waals surface area contributed by atoms with E-state index in [1.54, 1.807) is 12.3 Å². The molecule has 1 aromatic heterocycles. The Balaban J connectivity index is 1.73. The summed E-state index contributed by atoms with van der Waals surface area (Å²) < 4.78 is 1.85. The third-order valence-electron chi connectivity index (χ3n) is 7.27. The van der Waals surface area contributed by atoms with E-state index in [-0.39, 0.29) is 28.3 Å². The van der Waals surface area contributed by atoms with Gasteiger partial charge in [0.2, 0.25) is 0 Å².